The fourth-order valence-electron chi connectivity index (χ4n) is 1.58. The highest BCUT2D eigenvalue weighted by atomic mass is 32.2. The smallest absolute Gasteiger partial charge is 0.263 e. The summed E-state index contributed by atoms with van der Waals surface area (Å²) in [6, 6.07) is 2.56. The molecule has 0 amide bonds. The lowest BCUT2D eigenvalue weighted by atomic mass is 10.3. The molecule has 0 aliphatic rings. The second-order valence-corrected chi connectivity index (χ2v) is 5.46. The number of rotatable bonds is 4. The number of sulfonamides is 1. The molecule has 0 bridgehead atoms. The van der Waals surface area contributed by atoms with Gasteiger partial charge in [0.25, 0.3) is 10.0 Å². The first-order chi connectivity index (χ1) is 9.36. The second-order valence-electron chi connectivity index (χ2n) is 3.81. The van der Waals surface area contributed by atoms with Crippen molar-refractivity contribution in [2.45, 2.75) is 18.4 Å². The number of hydrogen-bond acceptors (Lipinski definition) is 3. The van der Waals surface area contributed by atoms with Crippen LogP contribution in [0.5, 0.6) is 0 Å². The summed E-state index contributed by atoms with van der Waals surface area (Å²) in [4.78, 5) is -0.972. The van der Waals surface area contributed by atoms with Gasteiger partial charge in [0.15, 0.2) is 17.5 Å². The third-order valence-electron chi connectivity index (χ3n) is 2.54. The van der Waals surface area contributed by atoms with Crippen molar-refractivity contribution in [3.05, 3.63) is 41.8 Å². The zero-order valence-corrected chi connectivity index (χ0v) is 11.1. The molecule has 20 heavy (non-hydrogen) atoms. The molecule has 1 aromatic carbocycles. The molecule has 0 aliphatic heterocycles. The first-order valence-corrected chi connectivity index (χ1v) is 7.03. The van der Waals surface area contributed by atoms with Gasteiger partial charge in [-0.1, -0.05) is 0 Å². The van der Waals surface area contributed by atoms with Crippen molar-refractivity contribution < 1.29 is 21.6 Å². The number of aromatic nitrogens is 2. The van der Waals surface area contributed by atoms with Crippen LogP contribution in [-0.4, -0.2) is 18.2 Å². The molecule has 1 aromatic heterocycles. The number of benzene rings is 1. The van der Waals surface area contributed by atoms with Crippen molar-refractivity contribution in [3.63, 3.8) is 0 Å². The van der Waals surface area contributed by atoms with Gasteiger partial charge in [0.1, 0.15) is 10.7 Å². The van der Waals surface area contributed by atoms with Gasteiger partial charge in [-0.2, -0.15) is 5.10 Å². The lowest BCUT2D eigenvalue weighted by Crippen LogP contribution is -2.18. The standard InChI is InChI=1S/C11H10F3N3O2S/c1-2-17-9(5-6-15-17)16-20(18,19)8-4-3-7(12)10(13)11(8)14/h3-6,16H,2H2,1H3. The monoisotopic (exact) mass is 305 g/mol. The maximum absolute atomic E-state index is 13.5. The molecule has 9 heteroatoms. The van der Waals surface area contributed by atoms with Crippen molar-refractivity contribution in [3.8, 4) is 0 Å². The summed E-state index contributed by atoms with van der Waals surface area (Å²) in [5, 5.41) is 3.83. The van der Waals surface area contributed by atoms with Crippen LogP contribution in [0.1, 0.15) is 6.92 Å². The predicted octanol–water partition coefficient (Wildman–Crippen LogP) is 2.12. The van der Waals surface area contributed by atoms with E-state index in [1.54, 1.807) is 6.92 Å². The molecule has 0 radical (unpaired) electrons. The Balaban J connectivity index is 2.44. The summed E-state index contributed by atoms with van der Waals surface area (Å²) < 4.78 is 66.7. The lowest BCUT2D eigenvalue weighted by Gasteiger charge is -2.10. The van der Waals surface area contributed by atoms with Crippen LogP contribution in [-0.2, 0) is 16.6 Å². The van der Waals surface area contributed by atoms with Crippen molar-refractivity contribution in [2.75, 3.05) is 4.72 Å². The molecule has 0 saturated carbocycles. The molecule has 5 nitrogen and oxygen atoms in total. The molecule has 0 saturated heterocycles. The molecular formula is C11H10F3N3O2S. The number of hydrogen-bond donors (Lipinski definition) is 1. The Morgan fingerprint density at radius 2 is 1.90 bits per heavy atom. The van der Waals surface area contributed by atoms with Gasteiger partial charge in [0, 0.05) is 12.6 Å². The minimum Gasteiger partial charge on any atom is -0.263 e. The van der Waals surface area contributed by atoms with E-state index in [0.29, 0.717) is 18.7 Å². The molecule has 0 unspecified atom stereocenters. The minimum atomic E-state index is -4.38. The van der Waals surface area contributed by atoms with Gasteiger partial charge < -0.3 is 0 Å². The Labute approximate surface area is 113 Å². The quantitative estimate of drug-likeness (QED) is 0.880. The number of anilines is 1. The third-order valence-corrected chi connectivity index (χ3v) is 3.92. The topological polar surface area (TPSA) is 64.0 Å². The van der Waals surface area contributed by atoms with Gasteiger partial charge in [-0.25, -0.2) is 26.3 Å². The van der Waals surface area contributed by atoms with E-state index in [2.05, 4.69) is 9.82 Å². The Morgan fingerprint density at radius 3 is 2.55 bits per heavy atom. The normalized spacial score (nSPS) is 11.6. The van der Waals surface area contributed by atoms with Crippen LogP contribution in [0, 0.1) is 17.5 Å². The van der Waals surface area contributed by atoms with Gasteiger partial charge in [-0.15, -0.1) is 0 Å². The molecule has 0 spiro atoms. The Kier molecular flexibility index (Phi) is 3.71. The summed E-state index contributed by atoms with van der Waals surface area (Å²) in [6.45, 7) is 2.11. The van der Waals surface area contributed by atoms with Crippen LogP contribution >= 0.6 is 0 Å². The molecule has 2 aromatic rings. The van der Waals surface area contributed by atoms with Gasteiger partial charge in [0.2, 0.25) is 0 Å². The van der Waals surface area contributed by atoms with E-state index < -0.39 is 32.4 Å². The van der Waals surface area contributed by atoms with E-state index in [4.69, 9.17) is 0 Å². The molecular weight excluding hydrogens is 295 g/mol. The summed E-state index contributed by atoms with van der Waals surface area (Å²) in [7, 11) is -4.38. The number of nitrogens with one attached hydrogen (secondary N) is 1. The van der Waals surface area contributed by atoms with Crippen molar-refractivity contribution >= 4 is 15.8 Å². The number of halogens is 3. The van der Waals surface area contributed by atoms with Crippen LogP contribution in [0.4, 0.5) is 19.0 Å². The lowest BCUT2D eigenvalue weighted by molar-refractivity contribution is 0.432. The SMILES string of the molecule is CCn1nccc1NS(=O)(=O)c1ccc(F)c(F)c1F. The van der Waals surface area contributed by atoms with Gasteiger partial charge in [-0.05, 0) is 19.1 Å². The highest BCUT2D eigenvalue weighted by molar-refractivity contribution is 7.92. The molecule has 1 N–H and O–H groups in total. The Bertz CT molecular complexity index is 743. The van der Waals surface area contributed by atoms with Crippen LogP contribution in [0.15, 0.2) is 29.3 Å². The first kappa shape index (κ1) is 14.4. The van der Waals surface area contributed by atoms with E-state index in [-0.39, 0.29) is 5.82 Å². The van der Waals surface area contributed by atoms with Crippen molar-refractivity contribution in [1.82, 2.24) is 9.78 Å². The van der Waals surface area contributed by atoms with Crippen molar-refractivity contribution in [1.29, 1.82) is 0 Å². The van der Waals surface area contributed by atoms with E-state index in [1.165, 1.54) is 16.9 Å². The summed E-state index contributed by atoms with van der Waals surface area (Å²) in [6.07, 6.45) is 1.35. The van der Waals surface area contributed by atoms with E-state index in [0.717, 1.165) is 0 Å². The van der Waals surface area contributed by atoms with Crippen LogP contribution in [0.2, 0.25) is 0 Å². The highest BCUT2D eigenvalue weighted by Crippen LogP contribution is 2.22. The van der Waals surface area contributed by atoms with Gasteiger partial charge >= 0.3 is 0 Å². The summed E-state index contributed by atoms with van der Waals surface area (Å²) in [5.74, 6) is -4.96. The largest absolute Gasteiger partial charge is 0.266 e. The maximum Gasteiger partial charge on any atom is 0.266 e. The average Bonchev–Trinajstić information content (AvgIpc) is 2.82. The average molecular weight is 305 g/mol. The van der Waals surface area contributed by atoms with E-state index in [1.807, 2.05) is 0 Å². The van der Waals surface area contributed by atoms with Crippen LogP contribution in [0.25, 0.3) is 0 Å². The molecule has 0 aliphatic carbocycles. The zero-order chi connectivity index (χ0) is 14.9. The molecule has 2 rings (SSSR count). The van der Waals surface area contributed by atoms with Crippen LogP contribution in [0.3, 0.4) is 0 Å². The minimum absolute atomic E-state index is 0.0941. The zero-order valence-electron chi connectivity index (χ0n) is 10.3. The fourth-order valence-corrected chi connectivity index (χ4v) is 2.71. The molecule has 108 valence electrons. The summed E-state index contributed by atoms with van der Waals surface area (Å²) in [5.41, 5.74) is 0. The van der Waals surface area contributed by atoms with E-state index >= 15 is 0 Å². The Hall–Kier alpha value is -2.03. The first-order valence-electron chi connectivity index (χ1n) is 5.55. The highest BCUT2D eigenvalue weighted by Gasteiger charge is 2.24. The molecule has 0 atom stereocenters. The van der Waals surface area contributed by atoms with Crippen LogP contribution < -0.4 is 4.72 Å². The third kappa shape index (κ3) is 2.48. The summed E-state index contributed by atoms with van der Waals surface area (Å²) >= 11 is 0. The maximum atomic E-state index is 13.5. The van der Waals surface area contributed by atoms with E-state index in [9.17, 15) is 21.6 Å². The Morgan fingerprint density at radius 1 is 1.20 bits per heavy atom. The second kappa shape index (κ2) is 5.16. The van der Waals surface area contributed by atoms with Crippen molar-refractivity contribution in [2.24, 2.45) is 0 Å². The number of nitrogens with zero attached hydrogens (tertiary/aromatic N) is 2. The fraction of sp³-hybridized carbons (Fsp3) is 0.182. The van der Waals surface area contributed by atoms with Gasteiger partial charge in [-0.3, -0.25) is 4.72 Å². The number of aryl methyl sites for hydroxylation is 1. The van der Waals surface area contributed by atoms with Gasteiger partial charge in [0.05, 0.1) is 6.20 Å². The predicted molar refractivity (Wildman–Crippen MR) is 65.0 cm³/mol. The molecule has 0 fully saturated rings. The molecule has 1 heterocycles.